The molecule has 1 saturated heterocycles. The van der Waals surface area contributed by atoms with Gasteiger partial charge in [0.05, 0.1) is 26.4 Å². The van der Waals surface area contributed by atoms with Gasteiger partial charge in [0, 0.05) is 31.7 Å². The molecule has 0 aromatic heterocycles. The number of nitrogens with zero attached hydrogens (tertiary/aromatic N) is 2. The normalized spacial score (nSPS) is 14.5. The average Bonchev–Trinajstić information content (AvgIpc) is 2.69. The van der Waals surface area contributed by atoms with Crippen LogP contribution in [0.5, 0.6) is 17.2 Å². The molecule has 0 spiro atoms. The first kappa shape index (κ1) is 21.8. The minimum absolute atomic E-state index is 0.0380. The molecule has 1 heterocycles. The van der Waals surface area contributed by atoms with E-state index in [1.54, 1.807) is 17.0 Å². The van der Waals surface area contributed by atoms with E-state index in [4.69, 9.17) is 14.2 Å². The average molecular weight is 393 g/mol. The molecule has 1 N–H and O–H groups in total. The lowest BCUT2D eigenvalue weighted by atomic mass is 10.1. The Morgan fingerprint density at radius 3 is 1.96 bits per heavy atom. The molecule has 2 rings (SSSR count). The number of carbonyl (C=O) groups is 2. The Morgan fingerprint density at radius 1 is 0.929 bits per heavy atom. The highest BCUT2D eigenvalue weighted by molar-refractivity contribution is 5.97. The monoisotopic (exact) mass is 393 g/mol. The number of hydrogen-bond donors (Lipinski definition) is 1. The van der Waals surface area contributed by atoms with Crippen LogP contribution in [-0.2, 0) is 4.79 Å². The highest BCUT2D eigenvalue weighted by atomic mass is 16.5. The maximum absolute atomic E-state index is 12.6. The van der Waals surface area contributed by atoms with Crippen molar-refractivity contribution in [3.05, 3.63) is 17.7 Å². The van der Waals surface area contributed by atoms with Crippen molar-refractivity contribution in [2.24, 2.45) is 0 Å². The fraction of sp³-hybridized carbons (Fsp3) is 0.600. The zero-order chi connectivity index (χ0) is 20.5. The lowest BCUT2D eigenvalue weighted by Crippen LogP contribution is -2.50. The van der Waals surface area contributed by atoms with E-state index in [0.29, 0.717) is 55.7 Å². The van der Waals surface area contributed by atoms with Crippen molar-refractivity contribution >= 4 is 11.8 Å². The summed E-state index contributed by atoms with van der Waals surface area (Å²) < 4.78 is 16.9. The second kappa shape index (κ2) is 10.8. The third-order valence-corrected chi connectivity index (χ3v) is 4.43. The summed E-state index contributed by atoms with van der Waals surface area (Å²) in [6.07, 6.45) is 0. The van der Waals surface area contributed by atoms with Gasteiger partial charge in [0.2, 0.25) is 11.7 Å². The fourth-order valence-electron chi connectivity index (χ4n) is 2.95. The topological polar surface area (TPSA) is 80.3 Å². The van der Waals surface area contributed by atoms with E-state index in [1.165, 1.54) is 0 Å². The van der Waals surface area contributed by atoms with Gasteiger partial charge in [0.1, 0.15) is 0 Å². The molecule has 156 valence electrons. The SMILES string of the molecule is CCOc1cc(C(=O)NCC(=O)N2CCN(C)CC2)cc(OCC)c1OCC. The van der Waals surface area contributed by atoms with Crippen LogP contribution < -0.4 is 19.5 Å². The number of hydrogen-bond acceptors (Lipinski definition) is 6. The van der Waals surface area contributed by atoms with Gasteiger partial charge in [0.25, 0.3) is 5.91 Å². The van der Waals surface area contributed by atoms with E-state index in [9.17, 15) is 9.59 Å². The number of amides is 2. The highest BCUT2D eigenvalue weighted by Crippen LogP contribution is 2.39. The zero-order valence-corrected chi connectivity index (χ0v) is 17.2. The summed E-state index contributed by atoms with van der Waals surface area (Å²) in [5.74, 6) is 0.947. The van der Waals surface area contributed by atoms with E-state index >= 15 is 0 Å². The van der Waals surface area contributed by atoms with Gasteiger partial charge in [-0.15, -0.1) is 0 Å². The number of likely N-dealkylation sites (N-methyl/N-ethyl adjacent to an activating group) is 1. The largest absolute Gasteiger partial charge is 0.490 e. The molecule has 8 heteroatoms. The molecule has 2 amide bonds. The molecule has 0 radical (unpaired) electrons. The third kappa shape index (κ3) is 5.76. The van der Waals surface area contributed by atoms with Crippen molar-refractivity contribution in [1.82, 2.24) is 15.1 Å². The first-order valence-corrected chi connectivity index (χ1v) is 9.81. The molecular weight excluding hydrogens is 362 g/mol. The molecule has 28 heavy (non-hydrogen) atoms. The lowest BCUT2D eigenvalue weighted by Gasteiger charge is -2.32. The van der Waals surface area contributed by atoms with Crippen molar-refractivity contribution in [1.29, 1.82) is 0 Å². The van der Waals surface area contributed by atoms with Crippen LogP contribution in [0.2, 0.25) is 0 Å². The minimum atomic E-state index is -0.354. The number of carbonyl (C=O) groups excluding carboxylic acids is 2. The van der Waals surface area contributed by atoms with Gasteiger partial charge in [-0.05, 0) is 40.0 Å². The van der Waals surface area contributed by atoms with Gasteiger partial charge in [0.15, 0.2) is 11.5 Å². The number of piperazine rings is 1. The summed E-state index contributed by atoms with van der Waals surface area (Å²) in [4.78, 5) is 28.9. The molecule has 0 aliphatic carbocycles. The predicted molar refractivity (Wildman–Crippen MR) is 106 cm³/mol. The zero-order valence-electron chi connectivity index (χ0n) is 17.2. The van der Waals surface area contributed by atoms with Gasteiger partial charge in [-0.1, -0.05) is 0 Å². The number of ether oxygens (including phenoxy) is 3. The third-order valence-electron chi connectivity index (χ3n) is 4.43. The highest BCUT2D eigenvalue weighted by Gasteiger charge is 2.21. The first-order valence-electron chi connectivity index (χ1n) is 9.81. The predicted octanol–water partition coefficient (Wildman–Crippen LogP) is 1.39. The maximum atomic E-state index is 12.6. The van der Waals surface area contributed by atoms with Gasteiger partial charge >= 0.3 is 0 Å². The van der Waals surface area contributed by atoms with Crippen LogP contribution in [0, 0.1) is 0 Å². The van der Waals surface area contributed by atoms with Crippen molar-refractivity contribution in [3.63, 3.8) is 0 Å². The molecule has 1 fully saturated rings. The molecule has 0 atom stereocenters. The molecule has 1 aliphatic rings. The molecule has 8 nitrogen and oxygen atoms in total. The van der Waals surface area contributed by atoms with E-state index in [1.807, 2.05) is 27.8 Å². The Bertz CT molecular complexity index is 645. The molecule has 0 unspecified atom stereocenters. The summed E-state index contributed by atoms with van der Waals surface area (Å²) in [6.45, 7) is 9.90. The molecule has 0 saturated carbocycles. The second-order valence-corrected chi connectivity index (χ2v) is 6.47. The van der Waals surface area contributed by atoms with Gasteiger partial charge < -0.3 is 29.3 Å². The number of benzene rings is 1. The van der Waals surface area contributed by atoms with Crippen molar-refractivity contribution in [3.8, 4) is 17.2 Å². The van der Waals surface area contributed by atoms with Gasteiger partial charge in [-0.2, -0.15) is 0 Å². The van der Waals surface area contributed by atoms with E-state index in [0.717, 1.165) is 13.1 Å². The Hall–Kier alpha value is -2.48. The summed E-state index contributed by atoms with van der Waals surface area (Å²) >= 11 is 0. The standard InChI is InChI=1S/C20H31N3O5/c1-5-26-16-12-15(13-17(27-6-2)19(16)28-7-3)20(25)21-14-18(24)23-10-8-22(4)9-11-23/h12-13H,5-11,14H2,1-4H3,(H,21,25). The van der Waals surface area contributed by atoms with Gasteiger partial charge in [-0.3, -0.25) is 9.59 Å². The Morgan fingerprint density at radius 2 is 1.46 bits per heavy atom. The van der Waals surface area contributed by atoms with E-state index in [2.05, 4.69) is 10.2 Å². The summed E-state index contributed by atoms with van der Waals surface area (Å²) in [6, 6.07) is 3.24. The molecule has 1 aliphatic heterocycles. The molecule has 1 aromatic rings. The second-order valence-electron chi connectivity index (χ2n) is 6.47. The van der Waals surface area contributed by atoms with Crippen molar-refractivity contribution < 1.29 is 23.8 Å². The van der Waals surface area contributed by atoms with Crippen LogP contribution in [0.25, 0.3) is 0 Å². The maximum Gasteiger partial charge on any atom is 0.251 e. The van der Waals surface area contributed by atoms with Crippen molar-refractivity contribution in [2.75, 3.05) is 59.6 Å². The lowest BCUT2D eigenvalue weighted by molar-refractivity contribution is -0.131. The van der Waals surface area contributed by atoms with Crippen LogP contribution in [0.1, 0.15) is 31.1 Å². The van der Waals surface area contributed by atoms with E-state index < -0.39 is 0 Å². The summed E-state index contributed by atoms with van der Waals surface area (Å²) in [5.41, 5.74) is 0.363. The molecular formula is C20H31N3O5. The van der Waals surface area contributed by atoms with Crippen LogP contribution in [0.15, 0.2) is 12.1 Å². The Labute approximate surface area is 166 Å². The Balaban J connectivity index is 2.09. The minimum Gasteiger partial charge on any atom is -0.490 e. The van der Waals surface area contributed by atoms with E-state index in [-0.39, 0.29) is 18.4 Å². The summed E-state index contributed by atoms with van der Waals surface area (Å²) in [5, 5.41) is 2.70. The number of rotatable bonds is 9. The summed E-state index contributed by atoms with van der Waals surface area (Å²) in [7, 11) is 2.03. The van der Waals surface area contributed by atoms with Crippen molar-refractivity contribution in [2.45, 2.75) is 20.8 Å². The molecule has 1 aromatic carbocycles. The van der Waals surface area contributed by atoms with Crippen LogP contribution >= 0.6 is 0 Å². The van der Waals surface area contributed by atoms with Crippen LogP contribution in [0.4, 0.5) is 0 Å². The fourth-order valence-corrected chi connectivity index (χ4v) is 2.95. The van der Waals surface area contributed by atoms with Gasteiger partial charge in [-0.25, -0.2) is 0 Å². The number of nitrogens with one attached hydrogen (secondary N) is 1. The van der Waals surface area contributed by atoms with Crippen LogP contribution in [-0.4, -0.2) is 81.2 Å². The smallest absolute Gasteiger partial charge is 0.251 e. The molecule has 0 bridgehead atoms. The first-order chi connectivity index (χ1) is 13.5. The van der Waals surface area contributed by atoms with Crippen LogP contribution in [0.3, 0.4) is 0 Å². The Kier molecular flexibility index (Phi) is 8.38. The quantitative estimate of drug-likeness (QED) is 0.683.